The smallest absolute Gasteiger partial charge is 0.177 e. The Morgan fingerprint density at radius 3 is 3.00 bits per heavy atom. The summed E-state index contributed by atoms with van der Waals surface area (Å²) in [4.78, 5) is 15.7. The molecule has 0 saturated heterocycles. The van der Waals surface area contributed by atoms with E-state index in [0.29, 0.717) is 5.69 Å². The number of ketones is 1. The van der Waals surface area contributed by atoms with E-state index in [4.69, 9.17) is 0 Å². The minimum atomic E-state index is 0.0709. The number of hydrogen-bond donors (Lipinski definition) is 0. The summed E-state index contributed by atoms with van der Waals surface area (Å²) >= 11 is 0. The zero-order chi connectivity index (χ0) is 10.4. The second-order valence-electron chi connectivity index (χ2n) is 3.77. The Labute approximate surface area is 87.4 Å². The molecule has 1 aromatic carbocycles. The minimum Gasteiger partial charge on any atom is -0.317 e. The van der Waals surface area contributed by atoms with Crippen molar-refractivity contribution < 1.29 is 4.79 Å². The predicted octanol–water partition coefficient (Wildman–Crippen LogP) is 2.11. The lowest BCUT2D eigenvalue weighted by atomic mass is 10.1. The minimum absolute atomic E-state index is 0.0709. The molecule has 0 atom stereocenters. The van der Waals surface area contributed by atoms with Crippen molar-refractivity contribution in [3.8, 4) is 11.4 Å². The highest BCUT2D eigenvalue weighted by Gasteiger charge is 2.22. The topological polar surface area (TPSA) is 34.9 Å². The molecule has 0 fully saturated rings. The summed E-state index contributed by atoms with van der Waals surface area (Å²) in [6.45, 7) is 2.34. The van der Waals surface area contributed by atoms with Crippen LogP contribution in [-0.2, 0) is 6.54 Å². The molecule has 0 unspecified atom stereocenters. The summed E-state index contributed by atoms with van der Waals surface area (Å²) < 4.78 is 1.98. The van der Waals surface area contributed by atoms with E-state index in [1.807, 2.05) is 22.8 Å². The van der Waals surface area contributed by atoms with Crippen molar-refractivity contribution in [1.29, 1.82) is 0 Å². The molecule has 0 aliphatic carbocycles. The van der Waals surface area contributed by atoms with Gasteiger partial charge in [-0.15, -0.1) is 0 Å². The molecule has 0 radical (unpaired) electrons. The lowest BCUT2D eigenvalue weighted by molar-refractivity contribution is 0.101. The zero-order valence-electron chi connectivity index (χ0n) is 8.40. The fourth-order valence-corrected chi connectivity index (χ4v) is 2.08. The van der Waals surface area contributed by atoms with Gasteiger partial charge in [-0.05, 0) is 5.56 Å². The summed E-state index contributed by atoms with van der Waals surface area (Å²) in [6, 6.07) is 8.13. The van der Waals surface area contributed by atoms with Crippen molar-refractivity contribution in [2.45, 2.75) is 13.5 Å². The lowest BCUT2D eigenvalue weighted by Gasteiger charge is -1.99. The van der Waals surface area contributed by atoms with E-state index in [9.17, 15) is 4.79 Å². The van der Waals surface area contributed by atoms with Crippen LogP contribution in [0.25, 0.3) is 11.4 Å². The number of fused-ring (bicyclic) bond motifs is 3. The van der Waals surface area contributed by atoms with Crippen LogP contribution in [0.5, 0.6) is 0 Å². The van der Waals surface area contributed by atoms with Gasteiger partial charge in [0.25, 0.3) is 0 Å². The Kier molecular flexibility index (Phi) is 1.57. The highest BCUT2D eigenvalue weighted by atomic mass is 16.1. The summed E-state index contributed by atoms with van der Waals surface area (Å²) in [7, 11) is 0. The summed E-state index contributed by atoms with van der Waals surface area (Å²) in [6.07, 6.45) is 1.66. The standard InChI is InChI=1S/C12H10N2O/c1-8(15)11-6-13-12-10-5-3-2-4-9(10)7-14(11)12/h2-6H,7H2,1H3. The third-order valence-electron chi connectivity index (χ3n) is 2.80. The molecular weight excluding hydrogens is 188 g/mol. The van der Waals surface area contributed by atoms with E-state index in [1.54, 1.807) is 13.1 Å². The van der Waals surface area contributed by atoms with E-state index in [-0.39, 0.29) is 5.78 Å². The predicted molar refractivity (Wildman–Crippen MR) is 56.8 cm³/mol. The Balaban J connectivity index is 2.23. The van der Waals surface area contributed by atoms with Crippen LogP contribution in [0.2, 0.25) is 0 Å². The second kappa shape index (κ2) is 2.79. The first kappa shape index (κ1) is 8.41. The van der Waals surface area contributed by atoms with Crippen LogP contribution in [0.3, 0.4) is 0 Å². The van der Waals surface area contributed by atoms with Crippen LogP contribution in [-0.4, -0.2) is 15.3 Å². The number of Topliss-reactive ketones (excluding diaryl/α,β-unsaturated/α-hetero) is 1. The van der Waals surface area contributed by atoms with Gasteiger partial charge in [0.1, 0.15) is 11.5 Å². The van der Waals surface area contributed by atoms with Crippen molar-refractivity contribution >= 4 is 5.78 Å². The molecule has 3 nitrogen and oxygen atoms in total. The van der Waals surface area contributed by atoms with Crippen molar-refractivity contribution in [2.24, 2.45) is 0 Å². The number of aromatic nitrogens is 2. The van der Waals surface area contributed by atoms with Crippen LogP contribution in [0.15, 0.2) is 30.5 Å². The van der Waals surface area contributed by atoms with Crippen LogP contribution in [0, 0.1) is 0 Å². The van der Waals surface area contributed by atoms with E-state index in [0.717, 1.165) is 17.9 Å². The zero-order valence-corrected chi connectivity index (χ0v) is 8.40. The van der Waals surface area contributed by atoms with Crippen LogP contribution >= 0.6 is 0 Å². The molecule has 0 bridgehead atoms. The molecule has 15 heavy (non-hydrogen) atoms. The maximum Gasteiger partial charge on any atom is 0.177 e. The van der Waals surface area contributed by atoms with Crippen LogP contribution in [0.1, 0.15) is 23.0 Å². The Morgan fingerprint density at radius 1 is 1.40 bits per heavy atom. The van der Waals surface area contributed by atoms with Crippen LogP contribution < -0.4 is 0 Å². The molecule has 1 aliphatic rings. The molecule has 3 heteroatoms. The highest BCUT2D eigenvalue weighted by molar-refractivity contribution is 5.93. The number of imidazole rings is 1. The molecule has 0 N–H and O–H groups in total. The van der Waals surface area contributed by atoms with E-state index in [1.165, 1.54) is 5.56 Å². The van der Waals surface area contributed by atoms with Gasteiger partial charge in [0.15, 0.2) is 5.78 Å². The number of benzene rings is 1. The number of carbonyl (C=O) groups excluding carboxylic acids is 1. The maximum atomic E-state index is 11.4. The molecule has 2 aromatic rings. The molecule has 1 aliphatic heterocycles. The number of hydrogen-bond acceptors (Lipinski definition) is 2. The Morgan fingerprint density at radius 2 is 2.20 bits per heavy atom. The van der Waals surface area contributed by atoms with Gasteiger partial charge in [-0.1, -0.05) is 24.3 Å². The average Bonchev–Trinajstić information content (AvgIpc) is 2.74. The first-order valence-electron chi connectivity index (χ1n) is 4.92. The SMILES string of the molecule is CC(=O)c1cnc2n1Cc1ccccc1-2. The van der Waals surface area contributed by atoms with Gasteiger partial charge in [0, 0.05) is 12.5 Å². The van der Waals surface area contributed by atoms with Crippen LogP contribution in [0.4, 0.5) is 0 Å². The van der Waals surface area contributed by atoms with Crippen molar-refractivity contribution in [2.75, 3.05) is 0 Å². The largest absolute Gasteiger partial charge is 0.317 e. The van der Waals surface area contributed by atoms with Gasteiger partial charge in [-0.25, -0.2) is 4.98 Å². The van der Waals surface area contributed by atoms with E-state index in [2.05, 4.69) is 11.1 Å². The average molecular weight is 198 g/mol. The first-order valence-corrected chi connectivity index (χ1v) is 4.92. The number of nitrogens with zero attached hydrogens (tertiary/aromatic N) is 2. The summed E-state index contributed by atoms with van der Waals surface area (Å²) in [5.41, 5.74) is 3.08. The molecular formula is C12H10N2O. The molecule has 0 saturated carbocycles. The van der Waals surface area contributed by atoms with E-state index >= 15 is 0 Å². The summed E-state index contributed by atoms with van der Waals surface area (Å²) in [5.74, 6) is 0.984. The third-order valence-corrected chi connectivity index (χ3v) is 2.80. The molecule has 0 amide bonds. The highest BCUT2D eigenvalue weighted by Crippen LogP contribution is 2.31. The number of rotatable bonds is 1. The van der Waals surface area contributed by atoms with Gasteiger partial charge in [0.05, 0.1) is 12.7 Å². The molecule has 74 valence electrons. The molecule has 2 heterocycles. The molecule has 0 spiro atoms. The first-order chi connectivity index (χ1) is 7.27. The molecule has 1 aromatic heterocycles. The van der Waals surface area contributed by atoms with Crippen molar-refractivity contribution in [3.05, 3.63) is 41.7 Å². The van der Waals surface area contributed by atoms with Gasteiger partial charge in [-0.3, -0.25) is 4.79 Å². The third kappa shape index (κ3) is 1.06. The quantitative estimate of drug-likeness (QED) is 0.561. The fraction of sp³-hybridized carbons (Fsp3) is 0.167. The van der Waals surface area contributed by atoms with Gasteiger partial charge >= 0.3 is 0 Å². The Bertz CT molecular complexity index is 554. The maximum absolute atomic E-state index is 11.4. The fourth-order valence-electron chi connectivity index (χ4n) is 2.08. The number of carbonyl (C=O) groups is 1. The van der Waals surface area contributed by atoms with Crippen molar-refractivity contribution in [1.82, 2.24) is 9.55 Å². The summed E-state index contributed by atoms with van der Waals surface area (Å²) in [5, 5.41) is 0. The van der Waals surface area contributed by atoms with Gasteiger partial charge in [0.2, 0.25) is 0 Å². The van der Waals surface area contributed by atoms with Gasteiger partial charge in [-0.2, -0.15) is 0 Å². The molecule has 3 rings (SSSR count). The van der Waals surface area contributed by atoms with Crippen molar-refractivity contribution in [3.63, 3.8) is 0 Å². The Hall–Kier alpha value is -1.90. The van der Waals surface area contributed by atoms with Gasteiger partial charge < -0.3 is 4.57 Å². The van der Waals surface area contributed by atoms with E-state index < -0.39 is 0 Å². The second-order valence-corrected chi connectivity index (χ2v) is 3.77. The lowest BCUT2D eigenvalue weighted by Crippen LogP contribution is -2.03. The monoisotopic (exact) mass is 198 g/mol. The normalized spacial score (nSPS) is 12.3.